The summed E-state index contributed by atoms with van der Waals surface area (Å²) in [4.78, 5) is 42.7. The summed E-state index contributed by atoms with van der Waals surface area (Å²) in [7, 11) is 0. The van der Waals surface area contributed by atoms with E-state index in [1.54, 1.807) is 0 Å². The quantitative estimate of drug-likeness (QED) is 0.476. The monoisotopic (exact) mass is 514 g/mol. The van der Waals surface area contributed by atoms with Gasteiger partial charge >= 0.3 is 5.63 Å². The van der Waals surface area contributed by atoms with Crippen molar-refractivity contribution in [2.45, 2.75) is 52.0 Å². The van der Waals surface area contributed by atoms with Crippen LogP contribution < -0.4 is 10.4 Å². The van der Waals surface area contributed by atoms with Crippen molar-refractivity contribution in [2.24, 2.45) is 11.8 Å². The number of benzene rings is 2. The Morgan fingerprint density at radius 3 is 2.71 bits per heavy atom. The molecule has 6 rings (SSSR count). The van der Waals surface area contributed by atoms with Crippen LogP contribution in [0, 0.1) is 25.7 Å². The Hall–Kier alpha value is -3.61. The number of hydrogen-bond donors (Lipinski definition) is 0. The van der Waals surface area contributed by atoms with Crippen molar-refractivity contribution in [1.29, 1.82) is 0 Å². The molecule has 7 nitrogen and oxygen atoms in total. The maximum Gasteiger partial charge on any atom is 0.340 e. The summed E-state index contributed by atoms with van der Waals surface area (Å²) in [6.45, 7) is 5.87. The van der Waals surface area contributed by atoms with Crippen LogP contribution in [-0.4, -0.2) is 53.9 Å². The molecular formula is C31H34N2O5. The van der Waals surface area contributed by atoms with Crippen molar-refractivity contribution < 1.29 is 18.7 Å². The summed E-state index contributed by atoms with van der Waals surface area (Å²) in [6.07, 6.45) is 4.19. The predicted molar refractivity (Wildman–Crippen MR) is 144 cm³/mol. The first-order valence-electron chi connectivity index (χ1n) is 13.7. The Bertz CT molecular complexity index is 1450. The number of nitrogens with zero attached hydrogens (tertiary/aromatic N) is 2. The van der Waals surface area contributed by atoms with E-state index in [1.165, 1.54) is 0 Å². The zero-order valence-corrected chi connectivity index (χ0v) is 22.1. The summed E-state index contributed by atoms with van der Waals surface area (Å²) < 4.78 is 11.9. The number of ether oxygens (including phenoxy) is 1. The fourth-order valence-electron chi connectivity index (χ4n) is 6.80. The second-order valence-electron chi connectivity index (χ2n) is 11.2. The average Bonchev–Trinajstić information content (AvgIpc) is 2.90. The zero-order chi connectivity index (χ0) is 26.4. The molecule has 2 amide bonds. The van der Waals surface area contributed by atoms with E-state index >= 15 is 0 Å². The lowest BCUT2D eigenvalue weighted by Gasteiger charge is -2.52. The van der Waals surface area contributed by atoms with Crippen LogP contribution in [0.2, 0.25) is 0 Å². The molecule has 3 fully saturated rings. The Kier molecular flexibility index (Phi) is 6.46. The lowest BCUT2D eigenvalue weighted by Crippen LogP contribution is -2.61. The van der Waals surface area contributed by atoms with E-state index < -0.39 is 0 Å². The molecule has 4 heterocycles. The highest BCUT2D eigenvalue weighted by molar-refractivity contribution is 5.89. The first-order chi connectivity index (χ1) is 18.4. The summed E-state index contributed by atoms with van der Waals surface area (Å²) in [5.41, 5.74) is 3.47. The Labute approximate surface area is 222 Å². The highest BCUT2D eigenvalue weighted by Gasteiger charge is 2.44. The normalized spacial score (nSPS) is 22.9. The molecule has 0 N–H and O–H groups in total. The van der Waals surface area contributed by atoms with Crippen LogP contribution in [-0.2, 0) is 16.0 Å². The molecule has 7 heteroatoms. The maximum absolute atomic E-state index is 13.3. The maximum atomic E-state index is 13.3. The van der Waals surface area contributed by atoms with E-state index in [-0.39, 0.29) is 30.1 Å². The van der Waals surface area contributed by atoms with Crippen molar-refractivity contribution in [3.8, 4) is 5.75 Å². The third kappa shape index (κ3) is 4.59. The Morgan fingerprint density at radius 1 is 1.08 bits per heavy atom. The molecule has 2 aromatic carbocycles. The van der Waals surface area contributed by atoms with Gasteiger partial charge in [0.15, 0.2) is 6.61 Å². The van der Waals surface area contributed by atoms with Crippen LogP contribution in [0.15, 0.2) is 51.7 Å². The molecule has 3 aliphatic heterocycles. The van der Waals surface area contributed by atoms with E-state index in [1.807, 2.05) is 61.2 Å². The highest BCUT2D eigenvalue weighted by atomic mass is 16.5. The summed E-state index contributed by atoms with van der Waals surface area (Å²) >= 11 is 0. The standard InChI is InChI=1S/C31H34N2O5/c1-19-11-26(30-20(2)24(31(36)38-27(30)12-19)14-21-7-4-3-5-8-21)37-18-29(35)32-15-22-13-23(17-32)25-9-6-10-28(34)33(25)16-22/h3-5,7-8,11-12,22-23,25H,6,9-10,13-18H2,1-2H3. The number of carbonyl (C=O) groups excluding carboxylic acids is 2. The molecule has 2 bridgehead atoms. The van der Waals surface area contributed by atoms with Gasteiger partial charge in [-0.2, -0.15) is 0 Å². The predicted octanol–water partition coefficient (Wildman–Crippen LogP) is 4.24. The molecule has 0 aliphatic carbocycles. The third-order valence-corrected chi connectivity index (χ3v) is 8.59. The minimum atomic E-state index is -0.346. The lowest BCUT2D eigenvalue weighted by molar-refractivity contribution is -0.149. The largest absolute Gasteiger partial charge is 0.483 e. The van der Waals surface area contributed by atoms with Gasteiger partial charge in [-0.25, -0.2) is 4.79 Å². The number of aryl methyl sites for hydroxylation is 2. The van der Waals surface area contributed by atoms with Crippen LogP contribution >= 0.6 is 0 Å². The number of fused-ring (bicyclic) bond motifs is 5. The SMILES string of the molecule is Cc1cc(OCC(=O)N2CC3CC(C2)C2CCCC(=O)N2C3)c2c(C)c(Cc3ccccc3)c(=O)oc2c1. The molecule has 38 heavy (non-hydrogen) atoms. The van der Waals surface area contributed by atoms with Crippen LogP contribution in [0.4, 0.5) is 0 Å². The van der Waals surface area contributed by atoms with Gasteiger partial charge in [0, 0.05) is 44.1 Å². The molecular weight excluding hydrogens is 480 g/mol. The van der Waals surface area contributed by atoms with E-state index in [2.05, 4.69) is 4.90 Å². The third-order valence-electron chi connectivity index (χ3n) is 8.59. The summed E-state index contributed by atoms with van der Waals surface area (Å²) in [5, 5.41) is 0.737. The molecule has 0 radical (unpaired) electrons. The van der Waals surface area contributed by atoms with E-state index in [0.29, 0.717) is 54.7 Å². The molecule has 3 unspecified atom stereocenters. The van der Waals surface area contributed by atoms with E-state index in [4.69, 9.17) is 9.15 Å². The van der Waals surface area contributed by atoms with Crippen molar-refractivity contribution >= 4 is 22.8 Å². The van der Waals surface area contributed by atoms with Gasteiger partial charge in [0.1, 0.15) is 11.3 Å². The fourth-order valence-corrected chi connectivity index (χ4v) is 6.80. The molecule has 1 aromatic heterocycles. The second-order valence-corrected chi connectivity index (χ2v) is 11.2. The topological polar surface area (TPSA) is 80.1 Å². The van der Waals surface area contributed by atoms with Gasteiger partial charge in [-0.15, -0.1) is 0 Å². The number of piperidine rings is 3. The van der Waals surface area contributed by atoms with Gasteiger partial charge in [-0.1, -0.05) is 30.3 Å². The Balaban J connectivity index is 1.22. The number of likely N-dealkylation sites (tertiary alicyclic amines) is 1. The van der Waals surface area contributed by atoms with E-state index in [0.717, 1.165) is 47.9 Å². The minimum Gasteiger partial charge on any atom is -0.483 e. The Morgan fingerprint density at radius 2 is 1.89 bits per heavy atom. The number of rotatable bonds is 5. The zero-order valence-electron chi connectivity index (χ0n) is 22.1. The van der Waals surface area contributed by atoms with Crippen LogP contribution in [0.3, 0.4) is 0 Å². The molecule has 0 saturated carbocycles. The summed E-state index contributed by atoms with van der Waals surface area (Å²) in [5.74, 6) is 1.47. The van der Waals surface area contributed by atoms with Crippen molar-refractivity contribution in [3.63, 3.8) is 0 Å². The summed E-state index contributed by atoms with van der Waals surface area (Å²) in [6, 6.07) is 13.8. The van der Waals surface area contributed by atoms with Gasteiger partial charge < -0.3 is 19.0 Å². The number of carbonyl (C=O) groups is 2. The minimum absolute atomic E-state index is 0.0375. The van der Waals surface area contributed by atoms with Crippen molar-refractivity contribution in [1.82, 2.24) is 9.80 Å². The van der Waals surface area contributed by atoms with Gasteiger partial charge in [-0.3, -0.25) is 9.59 Å². The lowest BCUT2D eigenvalue weighted by atomic mass is 9.76. The fraction of sp³-hybridized carbons (Fsp3) is 0.452. The second kappa shape index (κ2) is 9.93. The van der Waals surface area contributed by atoms with Crippen LogP contribution in [0.5, 0.6) is 5.75 Å². The van der Waals surface area contributed by atoms with Gasteiger partial charge in [0.25, 0.3) is 5.91 Å². The van der Waals surface area contributed by atoms with Crippen molar-refractivity contribution in [2.75, 3.05) is 26.2 Å². The smallest absolute Gasteiger partial charge is 0.340 e. The molecule has 3 aromatic rings. The van der Waals surface area contributed by atoms with E-state index in [9.17, 15) is 14.4 Å². The molecule has 198 valence electrons. The number of amides is 2. The van der Waals surface area contributed by atoms with Gasteiger partial charge in [0.05, 0.1) is 5.39 Å². The van der Waals surface area contributed by atoms with Crippen molar-refractivity contribution in [3.05, 3.63) is 75.1 Å². The van der Waals surface area contributed by atoms with Crippen LogP contribution in [0.25, 0.3) is 11.0 Å². The molecule has 3 atom stereocenters. The molecule has 3 aliphatic rings. The first kappa shape index (κ1) is 24.7. The number of hydrogen-bond acceptors (Lipinski definition) is 5. The van der Waals surface area contributed by atoms with Crippen LogP contribution in [0.1, 0.15) is 47.9 Å². The molecule has 0 spiro atoms. The van der Waals surface area contributed by atoms with Gasteiger partial charge in [-0.05, 0) is 73.8 Å². The highest BCUT2D eigenvalue weighted by Crippen LogP contribution is 2.38. The van der Waals surface area contributed by atoms with Gasteiger partial charge in [0.2, 0.25) is 5.91 Å². The molecule has 3 saturated heterocycles. The average molecular weight is 515 g/mol. The first-order valence-corrected chi connectivity index (χ1v) is 13.7.